The quantitative estimate of drug-likeness (QED) is 0.180. The number of hydrogen-bond donors (Lipinski definition) is 4. The maximum absolute atomic E-state index is 13.7. The summed E-state index contributed by atoms with van der Waals surface area (Å²) in [5, 5.41) is 40.0. The first-order valence-corrected chi connectivity index (χ1v) is 19.1. The van der Waals surface area contributed by atoms with Gasteiger partial charge in [-0.05, 0) is 85.2 Å². The number of alkyl carbamates (subject to hydrolysis) is 1. The summed E-state index contributed by atoms with van der Waals surface area (Å²) in [6.45, 7) is 5.50. The second-order valence-corrected chi connectivity index (χ2v) is 15.4. The molecule has 6 atom stereocenters. The molecule has 3 heterocycles. The Kier molecular flexibility index (Phi) is 9.55. The fraction of sp³-hybridized carbons (Fsp3) is 0.386. The summed E-state index contributed by atoms with van der Waals surface area (Å²) >= 11 is 0. The maximum atomic E-state index is 13.7. The molecule has 4 aliphatic rings. The van der Waals surface area contributed by atoms with Crippen molar-refractivity contribution < 1.29 is 34.0 Å². The van der Waals surface area contributed by atoms with Crippen LogP contribution >= 0.6 is 0 Å². The smallest absolute Gasteiger partial charge is 0.407 e. The van der Waals surface area contributed by atoms with Crippen LogP contribution in [-0.2, 0) is 22.4 Å². The number of piperazine rings is 1. The van der Waals surface area contributed by atoms with Crippen molar-refractivity contribution >= 4 is 12.0 Å². The predicted octanol–water partition coefficient (Wildman–Crippen LogP) is 5.55. The molecule has 4 aromatic carbocycles. The molecule has 1 aliphatic carbocycles. The Labute approximate surface area is 326 Å². The van der Waals surface area contributed by atoms with Gasteiger partial charge in [0.05, 0.1) is 32.4 Å². The van der Waals surface area contributed by atoms with E-state index in [1.54, 1.807) is 14.0 Å². The van der Waals surface area contributed by atoms with Gasteiger partial charge in [0.1, 0.15) is 18.7 Å². The molecule has 8 rings (SSSR count). The molecule has 4 N–H and O–H groups in total. The highest BCUT2D eigenvalue weighted by atomic mass is 16.5. The van der Waals surface area contributed by atoms with Gasteiger partial charge >= 0.3 is 6.09 Å². The molecule has 2 amide bonds. The van der Waals surface area contributed by atoms with Crippen LogP contribution in [0.1, 0.15) is 69.4 Å². The van der Waals surface area contributed by atoms with Crippen LogP contribution in [0.25, 0.3) is 11.1 Å². The monoisotopic (exact) mass is 757 g/mol. The number of nitriles is 1. The number of nitrogens with zero attached hydrogens (tertiary/aromatic N) is 3. The van der Waals surface area contributed by atoms with Gasteiger partial charge in [0, 0.05) is 35.7 Å². The lowest BCUT2D eigenvalue weighted by atomic mass is 9.72. The average Bonchev–Trinajstić information content (AvgIpc) is 3.50. The third kappa shape index (κ3) is 5.80. The molecule has 0 unspecified atom stereocenters. The lowest BCUT2D eigenvalue weighted by Gasteiger charge is -2.60. The number of aromatic hydroxyl groups is 2. The Bertz CT molecular complexity index is 2240. The van der Waals surface area contributed by atoms with E-state index in [2.05, 4.69) is 38.6 Å². The van der Waals surface area contributed by atoms with E-state index in [0.717, 1.165) is 50.1 Å². The number of phenolic OH excluding ortho intramolecular Hbond substituents is 2. The van der Waals surface area contributed by atoms with Gasteiger partial charge in [-0.1, -0.05) is 60.7 Å². The molecule has 12 nitrogen and oxygen atoms in total. The number of phenols is 2. The van der Waals surface area contributed by atoms with Crippen molar-refractivity contribution in [1.82, 2.24) is 20.4 Å². The summed E-state index contributed by atoms with van der Waals surface area (Å²) in [6.07, 6.45) is 0.265. The zero-order chi connectivity index (χ0) is 39.6. The van der Waals surface area contributed by atoms with Crippen molar-refractivity contribution in [3.05, 3.63) is 105 Å². The van der Waals surface area contributed by atoms with Gasteiger partial charge < -0.3 is 35.1 Å². The van der Waals surface area contributed by atoms with Crippen LogP contribution in [0.4, 0.5) is 4.79 Å². The highest BCUT2D eigenvalue weighted by Gasteiger charge is 2.56. The molecular weight excluding hydrogens is 711 g/mol. The van der Waals surface area contributed by atoms with E-state index in [1.165, 1.54) is 7.11 Å². The number of carbonyl (C=O) groups excluding carboxylic acids is 2. The number of rotatable bonds is 8. The molecule has 0 aromatic heterocycles. The Morgan fingerprint density at radius 1 is 0.893 bits per heavy atom. The molecule has 0 spiro atoms. The summed E-state index contributed by atoms with van der Waals surface area (Å²) in [6, 6.07) is 19.7. The second kappa shape index (κ2) is 14.4. The molecule has 4 aromatic rings. The van der Waals surface area contributed by atoms with Crippen molar-refractivity contribution in [2.45, 2.75) is 75.8 Å². The summed E-state index contributed by atoms with van der Waals surface area (Å²) in [5.41, 5.74) is 9.17. The van der Waals surface area contributed by atoms with E-state index in [1.807, 2.05) is 69.4 Å². The van der Waals surface area contributed by atoms with E-state index in [-0.39, 0.29) is 48.7 Å². The maximum Gasteiger partial charge on any atom is 0.407 e. The average molecular weight is 758 g/mol. The van der Waals surface area contributed by atoms with Crippen molar-refractivity contribution in [2.24, 2.45) is 0 Å². The van der Waals surface area contributed by atoms with Crippen molar-refractivity contribution in [1.29, 1.82) is 5.26 Å². The molecule has 290 valence electrons. The lowest BCUT2D eigenvalue weighted by Crippen LogP contribution is -2.68. The van der Waals surface area contributed by atoms with E-state index in [9.17, 15) is 25.1 Å². The fourth-order valence-electron chi connectivity index (χ4n) is 10.0. The first-order valence-electron chi connectivity index (χ1n) is 19.1. The highest BCUT2D eigenvalue weighted by Crippen LogP contribution is 2.55. The standard InChI is InChI=1S/C44H47N5O7/c1-22-15-25-18-33-38-37-26(16-23(2)42(55-6)40(37)51)17-32(48(38)4)34(19-45)49(33)35(36(25)39(50)41(22)54-5)20-46-43(52)24(3)47-44(53)56-21-31-29-13-9-7-11-27(29)28-12-8-10-14-30(28)31/h7-16,24,31-35,38,50-51H,17-18,20-21H2,1-6H3,(H,46,52)(H,47,53)/t24-,32-,33-,34-,35-,38-/m0/s1. The molecule has 0 radical (unpaired) electrons. The Morgan fingerprint density at radius 3 is 2.04 bits per heavy atom. The van der Waals surface area contributed by atoms with E-state index in [0.29, 0.717) is 29.9 Å². The van der Waals surface area contributed by atoms with Crippen LogP contribution < -0.4 is 20.1 Å². The van der Waals surface area contributed by atoms with Gasteiger partial charge in [-0.3, -0.25) is 14.6 Å². The lowest BCUT2D eigenvalue weighted by molar-refractivity contribution is -0.123. The van der Waals surface area contributed by atoms with Gasteiger partial charge in [-0.25, -0.2) is 4.79 Å². The number of benzene rings is 4. The normalized spacial score (nSPS) is 22.6. The highest BCUT2D eigenvalue weighted by molar-refractivity contribution is 5.85. The minimum Gasteiger partial charge on any atom is -0.504 e. The van der Waals surface area contributed by atoms with Gasteiger partial charge in [-0.15, -0.1) is 0 Å². The number of methoxy groups -OCH3 is 2. The SMILES string of the molecule is COc1c(C)cc2c(c1O)[C@@H]1[C@@H]3Cc4cc(C)c(OC)c(O)c4[C@H](CNC(=O)[C@H](C)NC(=O)OCC4c5ccccc5-c5ccccc54)N3[C@@H](C#N)[C@H](C2)N1C. The second-order valence-electron chi connectivity index (χ2n) is 15.4. The number of fused-ring (bicyclic) bond motifs is 10. The predicted molar refractivity (Wildman–Crippen MR) is 209 cm³/mol. The number of ether oxygens (including phenoxy) is 3. The summed E-state index contributed by atoms with van der Waals surface area (Å²) < 4.78 is 17.0. The molecule has 3 aliphatic heterocycles. The molecule has 2 bridgehead atoms. The minimum atomic E-state index is -0.955. The summed E-state index contributed by atoms with van der Waals surface area (Å²) in [4.78, 5) is 31.2. The number of amides is 2. The number of aryl methyl sites for hydroxylation is 2. The number of likely N-dealkylation sites (N-methyl/N-ethyl adjacent to an activating group) is 1. The number of carbonyl (C=O) groups is 2. The minimum absolute atomic E-state index is 0.0240. The van der Waals surface area contributed by atoms with Crippen LogP contribution in [0.3, 0.4) is 0 Å². The molecule has 12 heteroatoms. The summed E-state index contributed by atoms with van der Waals surface area (Å²) in [5.74, 6) is 0.222. The third-order valence-electron chi connectivity index (χ3n) is 12.5. The number of nitrogens with one attached hydrogen (secondary N) is 2. The van der Waals surface area contributed by atoms with Gasteiger partial charge in [-0.2, -0.15) is 5.26 Å². The molecule has 1 saturated heterocycles. The number of hydrogen-bond acceptors (Lipinski definition) is 10. The van der Waals surface area contributed by atoms with Crippen molar-refractivity contribution in [3.63, 3.8) is 0 Å². The van der Waals surface area contributed by atoms with Crippen LogP contribution in [-0.4, -0.2) is 90.6 Å². The van der Waals surface area contributed by atoms with Crippen LogP contribution in [0.5, 0.6) is 23.0 Å². The van der Waals surface area contributed by atoms with Crippen LogP contribution in [0, 0.1) is 25.2 Å². The van der Waals surface area contributed by atoms with E-state index >= 15 is 0 Å². The largest absolute Gasteiger partial charge is 0.504 e. The summed E-state index contributed by atoms with van der Waals surface area (Å²) in [7, 11) is 5.03. The first kappa shape index (κ1) is 37.2. The Hall–Kier alpha value is -5.77. The molecule has 56 heavy (non-hydrogen) atoms. The zero-order valence-corrected chi connectivity index (χ0v) is 32.4. The van der Waals surface area contributed by atoms with Gasteiger partial charge in [0.2, 0.25) is 5.91 Å². The fourth-order valence-corrected chi connectivity index (χ4v) is 10.0. The molecule has 1 fully saturated rings. The first-order chi connectivity index (χ1) is 27.0. The van der Waals surface area contributed by atoms with Gasteiger partial charge in [0.25, 0.3) is 0 Å². The zero-order valence-electron chi connectivity index (χ0n) is 32.4. The van der Waals surface area contributed by atoms with Crippen molar-refractivity contribution in [3.8, 4) is 40.2 Å². The topological polar surface area (TPSA) is 157 Å². The van der Waals surface area contributed by atoms with E-state index in [4.69, 9.17) is 14.2 Å². The molecular formula is C44H47N5O7. The van der Waals surface area contributed by atoms with E-state index < -0.39 is 30.1 Å². The van der Waals surface area contributed by atoms with Crippen LogP contribution in [0.15, 0.2) is 60.7 Å². The van der Waals surface area contributed by atoms with Gasteiger partial charge in [0.15, 0.2) is 23.0 Å². The Balaban J connectivity index is 1.05. The third-order valence-corrected chi connectivity index (χ3v) is 12.5. The Morgan fingerprint density at radius 2 is 1.45 bits per heavy atom. The molecule has 0 saturated carbocycles. The van der Waals surface area contributed by atoms with Crippen molar-refractivity contribution in [2.75, 3.05) is 34.4 Å². The van der Waals surface area contributed by atoms with Crippen LogP contribution in [0.2, 0.25) is 0 Å².